The van der Waals surface area contributed by atoms with Gasteiger partial charge >= 0.3 is 0 Å². The Labute approximate surface area is 129 Å². The standard InChI is InChI=1S/C17H20N2OS/c1-5-17(2)10-11-8-6-7-9-12(11)14-13(17)15(20)19(3)16(18-14)21-4/h6-9H,5,10H2,1-4H3/t17-/m1/s1. The minimum atomic E-state index is -0.136. The van der Waals surface area contributed by atoms with Crippen molar-refractivity contribution in [3.8, 4) is 11.3 Å². The fourth-order valence-electron chi connectivity index (χ4n) is 3.22. The van der Waals surface area contributed by atoms with Gasteiger partial charge in [0.05, 0.1) is 11.3 Å². The van der Waals surface area contributed by atoms with Crippen LogP contribution in [0.5, 0.6) is 0 Å². The fraction of sp³-hybridized carbons (Fsp3) is 0.412. The highest BCUT2D eigenvalue weighted by atomic mass is 32.2. The average Bonchev–Trinajstić information content (AvgIpc) is 2.50. The van der Waals surface area contributed by atoms with E-state index in [2.05, 4.69) is 32.0 Å². The van der Waals surface area contributed by atoms with Gasteiger partial charge in [0, 0.05) is 18.0 Å². The number of hydrogen-bond acceptors (Lipinski definition) is 3. The SMILES string of the molecule is CC[C@]1(C)Cc2ccccc2-c2nc(SC)n(C)c(=O)c21. The first-order chi connectivity index (χ1) is 10.0. The molecule has 0 amide bonds. The van der Waals surface area contributed by atoms with Gasteiger partial charge in [0.1, 0.15) is 0 Å². The van der Waals surface area contributed by atoms with Gasteiger partial charge in [-0.25, -0.2) is 4.98 Å². The predicted molar refractivity (Wildman–Crippen MR) is 88.0 cm³/mol. The number of fused-ring (bicyclic) bond motifs is 3. The van der Waals surface area contributed by atoms with Gasteiger partial charge in [-0.3, -0.25) is 9.36 Å². The molecule has 0 radical (unpaired) electrons. The first-order valence-corrected chi connectivity index (χ1v) is 8.48. The second-order valence-corrected chi connectivity index (χ2v) is 6.71. The van der Waals surface area contributed by atoms with Gasteiger partial charge in [0.2, 0.25) is 0 Å². The second kappa shape index (κ2) is 5.02. The number of nitrogens with zero attached hydrogens (tertiary/aromatic N) is 2. The second-order valence-electron chi connectivity index (χ2n) is 5.93. The van der Waals surface area contributed by atoms with E-state index in [1.807, 2.05) is 19.4 Å². The Kier molecular flexibility index (Phi) is 3.44. The van der Waals surface area contributed by atoms with E-state index in [0.717, 1.165) is 34.8 Å². The van der Waals surface area contributed by atoms with Crippen LogP contribution in [0.3, 0.4) is 0 Å². The van der Waals surface area contributed by atoms with Gasteiger partial charge in [-0.15, -0.1) is 0 Å². The Morgan fingerprint density at radius 2 is 2.10 bits per heavy atom. The molecule has 2 aromatic rings. The molecule has 0 saturated heterocycles. The topological polar surface area (TPSA) is 34.9 Å². The zero-order valence-electron chi connectivity index (χ0n) is 12.9. The molecular formula is C17H20N2OS. The van der Waals surface area contributed by atoms with E-state index < -0.39 is 0 Å². The fourth-order valence-corrected chi connectivity index (χ4v) is 3.76. The van der Waals surface area contributed by atoms with E-state index >= 15 is 0 Å². The van der Waals surface area contributed by atoms with Crippen LogP contribution in [0.4, 0.5) is 0 Å². The van der Waals surface area contributed by atoms with E-state index in [9.17, 15) is 4.79 Å². The van der Waals surface area contributed by atoms with Crippen LogP contribution in [-0.4, -0.2) is 15.8 Å². The third kappa shape index (κ3) is 2.04. The van der Waals surface area contributed by atoms with Crippen molar-refractivity contribution in [2.75, 3.05) is 6.26 Å². The summed E-state index contributed by atoms with van der Waals surface area (Å²) in [6.45, 7) is 4.34. The molecule has 3 rings (SSSR count). The third-order valence-corrected chi connectivity index (χ3v) is 5.40. The van der Waals surface area contributed by atoms with Crippen LogP contribution in [0.15, 0.2) is 34.2 Å². The number of benzene rings is 1. The zero-order valence-corrected chi connectivity index (χ0v) is 13.8. The Bertz CT molecular complexity index is 766. The van der Waals surface area contributed by atoms with Crippen molar-refractivity contribution in [1.82, 2.24) is 9.55 Å². The Morgan fingerprint density at radius 1 is 1.38 bits per heavy atom. The van der Waals surface area contributed by atoms with E-state index in [0.29, 0.717) is 0 Å². The minimum absolute atomic E-state index is 0.100. The average molecular weight is 300 g/mol. The molecule has 0 N–H and O–H groups in total. The smallest absolute Gasteiger partial charge is 0.258 e. The lowest BCUT2D eigenvalue weighted by Crippen LogP contribution is -2.39. The summed E-state index contributed by atoms with van der Waals surface area (Å²) in [5, 5.41) is 0.772. The van der Waals surface area contributed by atoms with Crippen molar-refractivity contribution in [3.63, 3.8) is 0 Å². The molecule has 0 unspecified atom stereocenters. The van der Waals surface area contributed by atoms with Crippen LogP contribution in [0, 0.1) is 0 Å². The Morgan fingerprint density at radius 3 is 2.76 bits per heavy atom. The summed E-state index contributed by atoms with van der Waals surface area (Å²) < 4.78 is 1.69. The van der Waals surface area contributed by atoms with E-state index in [1.54, 1.807) is 4.57 Å². The predicted octanol–water partition coefficient (Wildman–Crippen LogP) is 3.39. The first-order valence-electron chi connectivity index (χ1n) is 7.25. The Hall–Kier alpha value is -1.55. The Balaban J connectivity index is 2.43. The molecule has 0 aliphatic heterocycles. The van der Waals surface area contributed by atoms with Crippen LogP contribution >= 0.6 is 11.8 Å². The number of hydrogen-bond donors (Lipinski definition) is 0. The van der Waals surface area contributed by atoms with Gasteiger partial charge in [-0.1, -0.05) is 49.9 Å². The lowest BCUT2D eigenvalue weighted by atomic mass is 9.69. The summed E-state index contributed by atoms with van der Waals surface area (Å²) in [7, 11) is 1.82. The number of aromatic nitrogens is 2. The van der Waals surface area contributed by atoms with Crippen LogP contribution in [0.25, 0.3) is 11.3 Å². The molecule has 1 aliphatic carbocycles. The monoisotopic (exact) mass is 300 g/mol. The van der Waals surface area contributed by atoms with Crippen LogP contribution in [0.2, 0.25) is 0 Å². The number of rotatable bonds is 2. The molecule has 4 heteroatoms. The molecule has 0 spiro atoms. The van der Waals surface area contributed by atoms with E-state index in [4.69, 9.17) is 4.98 Å². The molecule has 1 aromatic carbocycles. The van der Waals surface area contributed by atoms with Crippen molar-refractivity contribution in [2.24, 2.45) is 7.05 Å². The highest BCUT2D eigenvalue weighted by molar-refractivity contribution is 7.98. The lowest BCUT2D eigenvalue weighted by molar-refractivity contribution is 0.433. The molecule has 21 heavy (non-hydrogen) atoms. The first kappa shape index (κ1) is 14.4. The lowest BCUT2D eigenvalue weighted by Gasteiger charge is -2.35. The minimum Gasteiger partial charge on any atom is -0.290 e. The normalized spacial score (nSPS) is 20.0. The maximum atomic E-state index is 12.9. The van der Waals surface area contributed by atoms with Gasteiger partial charge < -0.3 is 0 Å². The van der Waals surface area contributed by atoms with Crippen LogP contribution in [-0.2, 0) is 18.9 Å². The molecule has 1 atom stereocenters. The quantitative estimate of drug-likeness (QED) is 0.630. The van der Waals surface area contributed by atoms with Crippen molar-refractivity contribution in [1.29, 1.82) is 0 Å². The molecule has 0 bridgehead atoms. The molecule has 3 nitrogen and oxygen atoms in total. The molecule has 0 saturated carbocycles. The summed E-state index contributed by atoms with van der Waals surface area (Å²) in [5.74, 6) is 0. The highest BCUT2D eigenvalue weighted by Gasteiger charge is 2.37. The van der Waals surface area contributed by atoms with Crippen LogP contribution in [0.1, 0.15) is 31.4 Å². The van der Waals surface area contributed by atoms with Crippen LogP contribution < -0.4 is 5.56 Å². The highest BCUT2D eigenvalue weighted by Crippen LogP contribution is 2.42. The molecular weight excluding hydrogens is 280 g/mol. The summed E-state index contributed by atoms with van der Waals surface area (Å²) in [5.41, 5.74) is 4.14. The molecule has 0 fully saturated rings. The maximum absolute atomic E-state index is 12.9. The zero-order chi connectivity index (χ0) is 15.2. The van der Waals surface area contributed by atoms with Crippen molar-refractivity contribution < 1.29 is 0 Å². The summed E-state index contributed by atoms with van der Waals surface area (Å²) >= 11 is 1.52. The van der Waals surface area contributed by atoms with Crippen molar-refractivity contribution >= 4 is 11.8 Å². The van der Waals surface area contributed by atoms with Gasteiger partial charge in [0.15, 0.2) is 5.16 Å². The van der Waals surface area contributed by atoms with E-state index in [1.165, 1.54) is 17.3 Å². The largest absolute Gasteiger partial charge is 0.290 e. The maximum Gasteiger partial charge on any atom is 0.258 e. The number of thioether (sulfide) groups is 1. The van der Waals surface area contributed by atoms with Crippen molar-refractivity contribution in [2.45, 2.75) is 37.3 Å². The van der Waals surface area contributed by atoms with Gasteiger partial charge in [0.25, 0.3) is 5.56 Å². The molecule has 1 aliphatic rings. The van der Waals surface area contributed by atoms with Gasteiger partial charge in [-0.2, -0.15) is 0 Å². The molecule has 1 aromatic heterocycles. The summed E-state index contributed by atoms with van der Waals surface area (Å²) in [6, 6.07) is 8.33. The molecule has 110 valence electrons. The summed E-state index contributed by atoms with van der Waals surface area (Å²) in [4.78, 5) is 17.7. The van der Waals surface area contributed by atoms with Crippen molar-refractivity contribution in [3.05, 3.63) is 45.7 Å². The van der Waals surface area contributed by atoms with Gasteiger partial charge in [-0.05, 0) is 24.7 Å². The third-order valence-electron chi connectivity index (χ3n) is 4.67. The van der Waals surface area contributed by atoms with E-state index in [-0.39, 0.29) is 11.0 Å². The summed E-state index contributed by atoms with van der Waals surface area (Å²) in [6.07, 6.45) is 3.80. The molecule has 1 heterocycles.